The monoisotopic (exact) mass is 354 g/mol. The molecule has 1 aromatic rings. The van der Waals surface area contributed by atoms with Crippen LogP contribution in [0.15, 0.2) is 18.2 Å². The fourth-order valence-corrected chi connectivity index (χ4v) is 6.88. The minimum atomic E-state index is -0.0395. The Hall–Kier alpha value is -1.02. The first-order valence-corrected chi connectivity index (χ1v) is 11.1. The zero-order chi connectivity index (χ0) is 17.7. The molecule has 0 radical (unpaired) electrons. The van der Waals surface area contributed by atoms with Crippen molar-refractivity contribution in [3.05, 3.63) is 29.3 Å². The van der Waals surface area contributed by atoms with Crippen LogP contribution in [-0.4, -0.2) is 12.9 Å². The van der Waals surface area contributed by atoms with Crippen LogP contribution in [0.2, 0.25) is 0 Å². The van der Waals surface area contributed by atoms with Crippen LogP contribution in [0, 0.1) is 17.3 Å². The SMILES string of the molecule is CC1CC2C(CCC3(C)CCCC23)c2ccc(OC3CCCCO3)cc21. The van der Waals surface area contributed by atoms with Crippen LogP contribution in [0.1, 0.15) is 94.6 Å². The highest BCUT2D eigenvalue weighted by Gasteiger charge is 2.51. The number of fused-ring (bicyclic) bond motifs is 5. The van der Waals surface area contributed by atoms with Gasteiger partial charge in [0.2, 0.25) is 0 Å². The molecule has 0 bridgehead atoms. The molecule has 1 saturated heterocycles. The number of ether oxygens (including phenoxy) is 2. The first-order chi connectivity index (χ1) is 12.6. The van der Waals surface area contributed by atoms with Crippen LogP contribution in [0.3, 0.4) is 0 Å². The molecule has 0 amide bonds. The normalized spacial score (nSPS) is 41.8. The molecular weight excluding hydrogens is 320 g/mol. The van der Waals surface area contributed by atoms with Gasteiger partial charge < -0.3 is 9.47 Å². The lowest BCUT2D eigenvalue weighted by Crippen LogP contribution is -2.40. The van der Waals surface area contributed by atoms with Gasteiger partial charge in [0, 0.05) is 6.42 Å². The summed E-state index contributed by atoms with van der Waals surface area (Å²) in [5.41, 5.74) is 3.83. The van der Waals surface area contributed by atoms with Gasteiger partial charge in [-0.1, -0.05) is 26.3 Å². The lowest BCUT2D eigenvalue weighted by atomic mass is 9.54. The highest BCUT2D eigenvalue weighted by atomic mass is 16.7. The van der Waals surface area contributed by atoms with Gasteiger partial charge in [-0.3, -0.25) is 0 Å². The van der Waals surface area contributed by atoms with E-state index in [2.05, 4.69) is 32.0 Å². The molecule has 0 spiro atoms. The Morgan fingerprint density at radius 3 is 2.81 bits per heavy atom. The summed E-state index contributed by atoms with van der Waals surface area (Å²) < 4.78 is 11.9. The predicted molar refractivity (Wildman–Crippen MR) is 105 cm³/mol. The summed E-state index contributed by atoms with van der Waals surface area (Å²) in [7, 11) is 0. The third kappa shape index (κ3) is 2.80. The maximum absolute atomic E-state index is 6.17. The third-order valence-electron chi connectivity index (χ3n) is 8.24. The summed E-state index contributed by atoms with van der Waals surface area (Å²) >= 11 is 0. The Morgan fingerprint density at radius 2 is 1.96 bits per heavy atom. The van der Waals surface area contributed by atoms with Crippen molar-refractivity contribution in [1.82, 2.24) is 0 Å². The summed E-state index contributed by atoms with van der Waals surface area (Å²) in [6, 6.07) is 6.96. The predicted octanol–water partition coefficient (Wildman–Crippen LogP) is 6.40. The minimum Gasteiger partial charge on any atom is -0.465 e. The van der Waals surface area contributed by atoms with Gasteiger partial charge in [-0.25, -0.2) is 0 Å². The number of hydrogen-bond acceptors (Lipinski definition) is 2. The molecule has 1 aliphatic heterocycles. The first-order valence-electron chi connectivity index (χ1n) is 11.1. The van der Waals surface area contributed by atoms with E-state index < -0.39 is 0 Å². The van der Waals surface area contributed by atoms with Crippen molar-refractivity contribution < 1.29 is 9.47 Å². The second-order valence-corrected chi connectivity index (χ2v) is 9.80. The van der Waals surface area contributed by atoms with Crippen LogP contribution in [0.25, 0.3) is 0 Å². The third-order valence-corrected chi connectivity index (χ3v) is 8.24. The molecule has 6 unspecified atom stereocenters. The van der Waals surface area contributed by atoms with E-state index in [0.717, 1.165) is 36.5 Å². The van der Waals surface area contributed by atoms with E-state index in [0.29, 0.717) is 11.3 Å². The van der Waals surface area contributed by atoms with Crippen molar-refractivity contribution in [3.8, 4) is 5.75 Å². The Kier molecular flexibility index (Phi) is 4.31. The molecule has 26 heavy (non-hydrogen) atoms. The Morgan fingerprint density at radius 1 is 1.04 bits per heavy atom. The second kappa shape index (κ2) is 6.55. The van der Waals surface area contributed by atoms with Gasteiger partial charge in [0.25, 0.3) is 0 Å². The van der Waals surface area contributed by atoms with Crippen LogP contribution in [-0.2, 0) is 4.74 Å². The van der Waals surface area contributed by atoms with Gasteiger partial charge in [-0.05, 0) is 97.3 Å². The molecule has 0 N–H and O–H groups in total. The highest BCUT2D eigenvalue weighted by Crippen LogP contribution is 2.62. The molecule has 142 valence electrons. The zero-order valence-electron chi connectivity index (χ0n) is 16.5. The molecule has 4 aliphatic rings. The standard InChI is InChI=1S/C24H34O2/c1-16-14-21-19(10-12-24(2)11-5-6-22(21)24)18-9-8-17(15-20(16)18)26-23-7-3-4-13-25-23/h8-9,15-16,19,21-23H,3-7,10-14H2,1-2H3. The smallest absolute Gasteiger partial charge is 0.199 e. The molecule has 2 heteroatoms. The zero-order valence-corrected chi connectivity index (χ0v) is 16.5. The van der Waals surface area contributed by atoms with Crippen LogP contribution in [0.5, 0.6) is 5.75 Å². The molecule has 1 aromatic carbocycles. The molecule has 2 nitrogen and oxygen atoms in total. The maximum atomic E-state index is 6.17. The fraction of sp³-hybridized carbons (Fsp3) is 0.750. The maximum Gasteiger partial charge on any atom is 0.199 e. The summed E-state index contributed by atoms with van der Waals surface area (Å²) in [5.74, 6) is 4.33. The summed E-state index contributed by atoms with van der Waals surface area (Å²) in [5, 5.41) is 0. The van der Waals surface area contributed by atoms with E-state index in [1.54, 1.807) is 11.1 Å². The van der Waals surface area contributed by atoms with E-state index in [-0.39, 0.29) is 6.29 Å². The van der Waals surface area contributed by atoms with Crippen molar-refractivity contribution in [3.63, 3.8) is 0 Å². The molecule has 5 rings (SSSR count). The summed E-state index contributed by atoms with van der Waals surface area (Å²) in [6.45, 7) is 5.87. The summed E-state index contributed by atoms with van der Waals surface area (Å²) in [4.78, 5) is 0. The molecule has 3 fully saturated rings. The summed E-state index contributed by atoms with van der Waals surface area (Å²) in [6.07, 6.45) is 12.0. The lowest BCUT2D eigenvalue weighted by molar-refractivity contribution is -0.105. The van der Waals surface area contributed by atoms with Crippen molar-refractivity contribution >= 4 is 0 Å². The van der Waals surface area contributed by atoms with E-state index in [1.807, 2.05) is 0 Å². The van der Waals surface area contributed by atoms with E-state index >= 15 is 0 Å². The van der Waals surface area contributed by atoms with Crippen molar-refractivity contribution in [2.24, 2.45) is 17.3 Å². The van der Waals surface area contributed by atoms with Crippen molar-refractivity contribution in [1.29, 1.82) is 0 Å². The second-order valence-electron chi connectivity index (χ2n) is 9.80. The number of benzene rings is 1. The first kappa shape index (κ1) is 17.1. The molecule has 3 aliphatic carbocycles. The minimum absolute atomic E-state index is 0.0395. The topological polar surface area (TPSA) is 18.5 Å². The van der Waals surface area contributed by atoms with Crippen LogP contribution >= 0.6 is 0 Å². The lowest BCUT2D eigenvalue weighted by Gasteiger charge is -2.50. The number of hydrogen-bond donors (Lipinski definition) is 0. The Balaban J connectivity index is 1.40. The van der Waals surface area contributed by atoms with Crippen molar-refractivity contribution in [2.45, 2.75) is 89.8 Å². The van der Waals surface area contributed by atoms with Gasteiger partial charge in [0.05, 0.1) is 6.61 Å². The van der Waals surface area contributed by atoms with Gasteiger partial charge in [-0.15, -0.1) is 0 Å². The van der Waals surface area contributed by atoms with Gasteiger partial charge >= 0.3 is 0 Å². The molecular formula is C24H34O2. The molecule has 0 aromatic heterocycles. The quantitative estimate of drug-likeness (QED) is 0.612. The van der Waals surface area contributed by atoms with E-state index in [9.17, 15) is 0 Å². The van der Waals surface area contributed by atoms with Gasteiger partial charge in [0.1, 0.15) is 5.75 Å². The van der Waals surface area contributed by atoms with Crippen LogP contribution in [0.4, 0.5) is 0 Å². The van der Waals surface area contributed by atoms with E-state index in [1.165, 1.54) is 51.4 Å². The highest BCUT2D eigenvalue weighted by molar-refractivity contribution is 5.42. The molecule has 1 heterocycles. The van der Waals surface area contributed by atoms with Gasteiger partial charge in [0.15, 0.2) is 6.29 Å². The van der Waals surface area contributed by atoms with Crippen LogP contribution < -0.4 is 4.74 Å². The average molecular weight is 355 g/mol. The van der Waals surface area contributed by atoms with E-state index in [4.69, 9.17) is 9.47 Å². The Bertz CT molecular complexity index is 662. The van der Waals surface area contributed by atoms with Gasteiger partial charge in [-0.2, -0.15) is 0 Å². The number of rotatable bonds is 2. The average Bonchev–Trinajstić information content (AvgIpc) is 3.05. The fourth-order valence-electron chi connectivity index (χ4n) is 6.88. The molecule has 2 saturated carbocycles. The molecule has 6 atom stereocenters. The largest absolute Gasteiger partial charge is 0.465 e. The Labute approximate surface area is 158 Å². The van der Waals surface area contributed by atoms with Crippen molar-refractivity contribution in [2.75, 3.05) is 6.61 Å².